The zero-order chi connectivity index (χ0) is 14.6. The molecule has 0 amide bonds. The van der Waals surface area contributed by atoms with Crippen LogP contribution in [0.2, 0.25) is 0 Å². The number of sulfone groups is 1. The molecule has 0 bridgehead atoms. The highest BCUT2D eigenvalue weighted by atomic mass is 32.2. The van der Waals surface area contributed by atoms with Crippen molar-refractivity contribution in [2.75, 3.05) is 19.1 Å². The van der Waals surface area contributed by atoms with E-state index in [-0.39, 0.29) is 11.8 Å². The van der Waals surface area contributed by atoms with Crippen molar-refractivity contribution < 1.29 is 17.2 Å². The maximum Gasteiger partial charge on any atom is 0.147 e. The highest BCUT2D eigenvalue weighted by Crippen LogP contribution is 2.24. The lowest BCUT2D eigenvalue weighted by atomic mass is 9.99. The third kappa shape index (κ3) is 4.87. The number of hydrogen-bond acceptors (Lipinski definition) is 3. The van der Waals surface area contributed by atoms with Crippen LogP contribution in [0, 0.1) is 18.6 Å². The van der Waals surface area contributed by atoms with Gasteiger partial charge in [0.25, 0.3) is 0 Å². The van der Waals surface area contributed by atoms with Crippen LogP contribution in [-0.4, -0.2) is 27.5 Å². The first-order valence-electron chi connectivity index (χ1n) is 6.05. The Morgan fingerprint density at radius 2 is 1.89 bits per heavy atom. The molecule has 1 rings (SSSR count). The normalized spacial score (nSPS) is 13.5. The van der Waals surface area contributed by atoms with Gasteiger partial charge >= 0.3 is 0 Å². The van der Waals surface area contributed by atoms with Gasteiger partial charge in [0.15, 0.2) is 0 Å². The minimum absolute atomic E-state index is 0.0625. The molecule has 0 saturated heterocycles. The quantitative estimate of drug-likeness (QED) is 0.875. The predicted octanol–water partition coefficient (Wildman–Crippen LogP) is 2.36. The average Bonchev–Trinajstić information content (AvgIpc) is 2.29. The Morgan fingerprint density at radius 3 is 2.42 bits per heavy atom. The van der Waals surface area contributed by atoms with Crippen LogP contribution in [-0.2, 0) is 9.84 Å². The summed E-state index contributed by atoms with van der Waals surface area (Å²) in [6.07, 6.45) is 2.08. The van der Waals surface area contributed by atoms with Crippen LogP contribution in [0.5, 0.6) is 0 Å². The fourth-order valence-corrected chi connectivity index (χ4v) is 2.64. The number of halogens is 2. The number of hydrogen-bond donors (Lipinski definition) is 1. The van der Waals surface area contributed by atoms with Crippen molar-refractivity contribution in [1.29, 1.82) is 0 Å². The Morgan fingerprint density at radius 1 is 1.26 bits per heavy atom. The lowest BCUT2D eigenvalue weighted by Crippen LogP contribution is -2.19. The number of rotatable bonds is 6. The topological polar surface area (TPSA) is 46.2 Å². The summed E-state index contributed by atoms with van der Waals surface area (Å²) in [4.78, 5) is 0. The second-order valence-corrected chi connectivity index (χ2v) is 7.00. The molecule has 19 heavy (non-hydrogen) atoms. The maximum atomic E-state index is 13.7. The zero-order valence-corrected chi connectivity index (χ0v) is 12.2. The van der Waals surface area contributed by atoms with Crippen molar-refractivity contribution in [3.63, 3.8) is 0 Å². The molecule has 1 atom stereocenters. The smallest absolute Gasteiger partial charge is 0.147 e. The zero-order valence-electron chi connectivity index (χ0n) is 11.3. The van der Waals surface area contributed by atoms with E-state index in [9.17, 15) is 17.2 Å². The van der Waals surface area contributed by atoms with E-state index < -0.39 is 21.5 Å². The Labute approximate surface area is 112 Å². The summed E-state index contributed by atoms with van der Waals surface area (Å²) in [5.74, 6) is -1.12. The van der Waals surface area contributed by atoms with E-state index in [0.717, 1.165) is 6.07 Å². The van der Waals surface area contributed by atoms with Gasteiger partial charge in [-0.25, -0.2) is 17.2 Å². The Bertz CT molecular complexity index is 544. The predicted molar refractivity (Wildman–Crippen MR) is 71.8 cm³/mol. The second-order valence-electron chi connectivity index (χ2n) is 4.74. The summed E-state index contributed by atoms with van der Waals surface area (Å²) in [5, 5.41) is 2.93. The standard InChI is InChI=1S/C13H19F2NO2S/c1-9-7-10(12(15)8-11(9)14)13(16-2)5-4-6-19(3,17)18/h7-8,13,16H,4-6H2,1-3H3. The van der Waals surface area contributed by atoms with Crippen molar-refractivity contribution in [2.24, 2.45) is 0 Å². The molecule has 6 heteroatoms. The van der Waals surface area contributed by atoms with E-state index in [1.807, 2.05) is 0 Å². The van der Waals surface area contributed by atoms with Crippen molar-refractivity contribution in [3.05, 3.63) is 34.9 Å². The molecule has 0 heterocycles. The van der Waals surface area contributed by atoms with Crippen molar-refractivity contribution >= 4 is 9.84 Å². The van der Waals surface area contributed by atoms with Gasteiger partial charge in [0.1, 0.15) is 21.5 Å². The van der Waals surface area contributed by atoms with Gasteiger partial charge in [-0.2, -0.15) is 0 Å². The van der Waals surface area contributed by atoms with Crippen LogP contribution < -0.4 is 5.32 Å². The third-order valence-electron chi connectivity index (χ3n) is 3.01. The molecule has 3 nitrogen and oxygen atoms in total. The summed E-state index contributed by atoms with van der Waals surface area (Å²) in [6.45, 7) is 1.57. The largest absolute Gasteiger partial charge is 0.313 e. The van der Waals surface area contributed by atoms with E-state index in [1.54, 1.807) is 14.0 Å². The lowest BCUT2D eigenvalue weighted by Gasteiger charge is -2.18. The molecule has 1 unspecified atom stereocenters. The summed E-state index contributed by atoms with van der Waals surface area (Å²) in [7, 11) is -1.35. The third-order valence-corrected chi connectivity index (χ3v) is 4.04. The van der Waals surface area contributed by atoms with Gasteiger partial charge in [0.05, 0.1) is 0 Å². The molecule has 1 aromatic rings. The fourth-order valence-electron chi connectivity index (χ4n) is 1.95. The molecule has 0 aliphatic rings. The van der Waals surface area contributed by atoms with Crippen LogP contribution in [0.4, 0.5) is 8.78 Å². The molecule has 108 valence electrons. The highest BCUT2D eigenvalue weighted by molar-refractivity contribution is 7.90. The first kappa shape index (κ1) is 16.0. The number of benzene rings is 1. The van der Waals surface area contributed by atoms with Crippen LogP contribution in [0.25, 0.3) is 0 Å². The van der Waals surface area contributed by atoms with E-state index in [1.165, 1.54) is 12.3 Å². The van der Waals surface area contributed by atoms with Crippen LogP contribution >= 0.6 is 0 Å². The second kappa shape index (κ2) is 6.43. The van der Waals surface area contributed by atoms with E-state index in [0.29, 0.717) is 24.0 Å². The van der Waals surface area contributed by atoms with Crippen molar-refractivity contribution in [1.82, 2.24) is 5.32 Å². The van der Waals surface area contributed by atoms with Crippen LogP contribution in [0.15, 0.2) is 12.1 Å². The monoisotopic (exact) mass is 291 g/mol. The molecule has 0 aliphatic carbocycles. The average molecular weight is 291 g/mol. The Kier molecular flexibility index (Phi) is 5.43. The maximum absolute atomic E-state index is 13.7. The molecule has 0 aliphatic heterocycles. The summed E-state index contributed by atoms with van der Waals surface area (Å²) < 4.78 is 49.0. The van der Waals surface area contributed by atoms with Gasteiger partial charge in [-0.05, 0) is 38.4 Å². The molecule has 0 aromatic heterocycles. The lowest BCUT2D eigenvalue weighted by molar-refractivity contribution is 0.494. The summed E-state index contributed by atoms with van der Waals surface area (Å²) >= 11 is 0. The highest BCUT2D eigenvalue weighted by Gasteiger charge is 2.16. The first-order valence-corrected chi connectivity index (χ1v) is 8.11. The fraction of sp³-hybridized carbons (Fsp3) is 0.538. The molecule has 0 radical (unpaired) electrons. The van der Waals surface area contributed by atoms with Gasteiger partial charge in [-0.15, -0.1) is 0 Å². The van der Waals surface area contributed by atoms with Gasteiger partial charge in [0, 0.05) is 29.7 Å². The van der Waals surface area contributed by atoms with Gasteiger partial charge in [-0.3, -0.25) is 0 Å². The summed E-state index contributed by atoms with van der Waals surface area (Å²) in [5.41, 5.74) is 0.745. The number of nitrogens with one attached hydrogen (secondary N) is 1. The molecule has 0 spiro atoms. The Hall–Kier alpha value is -1.01. The summed E-state index contributed by atoms with van der Waals surface area (Å²) in [6, 6.07) is 2.01. The molecule has 0 saturated carbocycles. The molecule has 0 fully saturated rings. The van der Waals surface area contributed by atoms with E-state index >= 15 is 0 Å². The van der Waals surface area contributed by atoms with Gasteiger partial charge < -0.3 is 5.32 Å². The Balaban J connectivity index is 2.83. The minimum Gasteiger partial charge on any atom is -0.313 e. The van der Waals surface area contributed by atoms with Crippen molar-refractivity contribution in [2.45, 2.75) is 25.8 Å². The van der Waals surface area contributed by atoms with E-state index in [2.05, 4.69) is 5.32 Å². The van der Waals surface area contributed by atoms with Crippen molar-refractivity contribution in [3.8, 4) is 0 Å². The van der Waals surface area contributed by atoms with Crippen LogP contribution in [0.3, 0.4) is 0 Å². The molecule has 1 aromatic carbocycles. The SMILES string of the molecule is CNC(CCCS(C)(=O)=O)c1cc(C)c(F)cc1F. The van der Waals surface area contributed by atoms with Crippen LogP contribution in [0.1, 0.15) is 30.0 Å². The van der Waals surface area contributed by atoms with E-state index in [4.69, 9.17) is 0 Å². The minimum atomic E-state index is -3.02. The first-order chi connectivity index (χ1) is 8.74. The molecular formula is C13H19F2NO2S. The van der Waals surface area contributed by atoms with Gasteiger partial charge in [0.2, 0.25) is 0 Å². The van der Waals surface area contributed by atoms with Gasteiger partial charge in [-0.1, -0.05) is 0 Å². The number of aryl methyl sites for hydroxylation is 1. The molecular weight excluding hydrogens is 272 g/mol. The molecule has 1 N–H and O–H groups in total.